The summed E-state index contributed by atoms with van der Waals surface area (Å²) in [6.45, 7) is 0. The molecule has 1 rings (SSSR count). The minimum absolute atomic E-state index is 0.0717. The van der Waals surface area contributed by atoms with E-state index in [-0.39, 0.29) is 17.2 Å². The number of nitrogens with zero attached hydrogens (tertiary/aromatic N) is 1. The number of carbonyl (C=O) groups excluding carboxylic acids is 3. The highest BCUT2D eigenvalue weighted by molar-refractivity contribution is 6.02. The van der Waals surface area contributed by atoms with Gasteiger partial charge in [-0.05, 0) is 19.3 Å². The molecule has 1 heterocycles. The molecule has 0 unspecified atom stereocenters. The van der Waals surface area contributed by atoms with Crippen LogP contribution in [0.25, 0.3) is 0 Å². The number of aryl methyl sites for hydroxylation is 1. The van der Waals surface area contributed by atoms with Gasteiger partial charge in [0.15, 0.2) is 5.69 Å². The van der Waals surface area contributed by atoms with Crippen LogP contribution in [-0.4, -0.2) is 49.4 Å². The number of hydrogen-bond acceptors (Lipinski definition) is 7. The summed E-state index contributed by atoms with van der Waals surface area (Å²) in [7, 11) is 3.75. The number of unbranched alkanes of at least 4 members (excludes halogenated alkanes) is 1. The Morgan fingerprint density at radius 3 is 2.24 bits per heavy atom. The summed E-state index contributed by atoms with van der Waals surface area (Å²) in [5.41, 5.74) is 0.446. The number of aromatic amines is 1. The Balaban J connectivity index is 2.78. The van der Waals surface area contributed by atoms with Crippen LogP contribution in [0.1, 0.15) is 45.8 Å². The first kappa shape index (κ1) is 16.7. The topological polar surface area (TPSA) is 108 Å². The van der Waals surface area contributed by atoms with E-state index in [1.807, 2.05) is 0 Å². The highest BCUT2D eigenvalue weighted by Gasteiger charge is 2.26. The second kappa shape index (κ2) is 8.03. The number of nitrogens with one attached hydrogen (secondary N) is 1. The van der Waals surface area contributed by atoms with Crippen LogP contribution in [0.15, 0.2) is 0 Å². The Hall–Kier alpha value is -2.38. The Labute approximate surface area is 121 Å². The molecule has 0 bridgehead atoms. The van der Waals surface area contributed by atoms with Crippen LogP contribution < -0.4 is 0 Å². The van der Waals surface area contributed by atoms with Gasteiger partial charge in [0.25, 0.3) is 0 Å². The van der Waals surface area contributed by atoms with E-state index in [0.717, 1.165) is 0 Å². The van der Waals surface area contributed by atoms with E-state index in [1.165, 1.54) is 21.3 Å². The minimum atomic E-state index is -0.715. The highest BCUT2D eigenvalue weighted by atomic mass is 16.5. The van der Waals surface area contributed by atoms with Crippen LogP contribution in [0.5, 0.6) is 0 Å². The molecule has 0 spiro atoms. The van der Waals surface area contributed by atoms with Crippen LogP contribution in [0.2, 0.25) is 0 Å². The molecule has 21 heavy (non-hydrogen) atoms. The maximum absolute atomic E-state index is 11.8. The summed E-state index contributed by atoms with van der Waals surface area (Å²) in [6, 6.07) is 0. The first-order valence-electron chi connectivity index (χ1n) is 6.35. The lowest BCUT2D eigenvalue weighted by atomic mass is 10.1. The lowest BCUT2D eigenvalue weighted by molar-refractivity contribution is -0.140. The van der Waals surface area contributed by atoms with Crippen molar-refractivity contribution in [3.05, 3.63) is 17.0 Å². The molecule has 1 aromatic rings. The number of rotatable bonds is 7. The standard InChI is InChI=1S/C13H18N2O6/c1-19-9(16)7-5-4-6-8-10(12(17)20-2)11(15-14-8)13(18)21-3/h4-7H2,1-3H3,(H,14,15). The zero-order valence-electron chi connectivity index (χ0n) is 12.2. The van der Waals surface area contributed by atoms with Gasteiger partial charge >= 0.3 is 17.9 Å². The molecule has 8 nitrogen and oxygen atoms in total. The summed E-state index contributed by atoms with van der Waals surface area (Å²) < 4.78 is 13.8. The van der Waals surface area contributed by atoms with Crippen molar-refractivity contribution >= 4 is 17.9 Å². The van der Waals surface area contributed by atoms with Gasteiger partial charge in [0.1, 0.15) is 5.56 Å². The number of H-pyrrole nitrogens is 1. The van der Waals surface area contributed by atoms with Gasteiger partial charge in [-0.3, -0.25) is 9.89 Å². The second-order valence-corrected chi connectivity index (χ2v) is 4.19. The number of aromatic nitrogens is 2. The van der Waals surface area contributed by atoms with Crippen LogP contribution in [0.3, 0.4) is 0 Å². The quantitative estimate of drug-likeness (QED) is 0.452. The van der Waals surface area contributed by atoms with Crippen molar-refractivity contribution in [2.45, 2.75) is 25.7 Å². The molecule has 0 aliphatic heterocycles. The van der Waals surface area contributed by atoms with Gasteiger partial charge in [-0.25, -0.2) is 9.59 Å². The number of methoxy groups -OCH3 is 3. The normalized spacial score (nSPS) is 10.0. The van der Waals surface area contributed by atoms with Crippen molar-refractivity contribution in [1.82, 2.24) is 10.2 Å². The highest BCUT2D eigenvalue weighted by Crippen LogP contribution is 2.16. The molecule has 0 atom stereocenters. The average molecular weight is 298 g/mol. The number of esters is 3. The molecule has 0 saturated carbocycles. The van der Waals surface area contributed by atoms with E-state index < -0.39 is 11.9 Å². The molecule has 116 valence electrons. The molecule has 0 amide bonds. The van der Waals surface area contributed by atoms with E-state index in [2.05, 4.69) is 24.4 Å². The maximum Gasteiger partial charge on any atom is 0.359 e. The lowest BCUT2D eigenvalue weighted by Gasteiger charge is -2.03. The Morgan fingerprint density at radius 1 is 1.00 bits per heavy atom. The molecule has 0 saturated heterocycles. The summed E-state index contributed by atoms with van der Waals surface area (Å²) in [5, 5.41) is 6.43. The van der Waals surface area contributed by atoms with Crippen LogP contribution in [0, 0.1) is 0 Å². The zero-order valence-corrected chi connectivity index (χ0v) is 12.2. The van der Waals surface area contributed by atoms with Crippen molar-refractivity contribution in [1.29, 1.82) is 0 Å². The first-order chi connectivity index (χ1) is 10.0. The first-order valence-corrected chi connectivity index (χ1v) is 6.35. The van der Waals surface area contributed by atoms with Gasteiger partial charge in [-0.1, -0.05) is 0 Å². The van der Waals surface area contributed by atoms with E-state index in [1.54, 1.807) is 0 Å². The smallest absolute Gasteiger partial charge is 0.359 e. The van der Waals surface area contributed by atoms with Gasteiger partial charge in [0, 0.05) is 6.42 Å². The average Bonchev–Trinajstić information content (AvgIpc) is 2.93. The zero-order chi connectivity index (χ0) is 15.8. The van der Waals surface area contributed by atoms with Crippen molar-refractivity contribution in [3.8, 4) is 0 Å². The molecule has 0 radical (unpaired) electrons. The maximum atomic E-state index is 11.8. The molecule has 1 aromatic heterocycles. The van der Waals surface area contributed by atoms with Crippen LogP contribution in [0.4, 0.5) is 0 Å². The largest absolute Gasteiger partial charge is 0.469 e. The summed E-state index contributed by atoms with van der Waals surface area (Å²) in [5.74, 6) is -1.66. The Kier molecular flexibility index (Phi) is 6.38. The van der Waals surface area contributed by atoms with Gasteiger partial charge in [0.2, 0.25) is 0 Å². The van der Waals surface area contributed by atoms with E-state index >= 15 is 0 Å². The molecular formula is C13H18N2O6. The lowest BCUT2D eigenvalue weighted by Crippen LogP contribution is -2.12. The fraction of sp³-hybridized carbons (Fsp3) is 0.538. The molecule has 0 aromatic carbocycles. The number of hydrogen-bond donors (Lipinski definition) is 1. The van der Waals surface area contributed by atoms with Crippen molar-refractivity contribution in [3.63, 3.8) is 0 Å². The summed E-state index contributed by atoms with van der Waals surface area (Å²) >= 11 is 0. The van der Waals surface area contributed by atoms with E-state index in [4.69, 9.17) is 0 Å². The third-order valence-electron chi connectivity index (χ3n) is 2.89. The predicted octanol–water partition coefficient (Wildman–Crippen LogP) is 0.869. The molecule has 1 N–H and O–H groups in total. The Morgan fingerprint density at radius 2 is 1.67 bits per heavy atom. The third kappa shape index (κ3) is 4.30. The van der Waals surface area contributed by atoms with E-state index in [0.29, 0.717) is 31.4 Å². The van der Waals surface area contributed by atoms with Gasteiger partial charge in [0.05, 0.1) is 27.0 Å². The van der Waals surface area contributed by atoms with Gasteiger partial charge in [-0.2, -0.15) is 5.10 Å². The van der Waals surface area contributed by atoms with Crippen molar-refractivity contribution < 1.29 is 28.6 Å². The molecule has 0 fully saturated rings. The Bertz CT molecular complexity index is 523. The SMILES string of the molecule is COC(=O)CCCCc1[nH]nc(C(=O)OC)c1C(=O)OC. The summed E-state index contributed by atoms with van der Waals surface area (Å²) in [6.07, 6.45) is 1.97. The van der Waals surface area contributed by atoms with Crippen LogP contribution >= 0.6 is 0 Å². The molecule has 0 aliphatic carbocycles. The third-order valence-corrected chi connectivity index (χ3v) is 2.89. The van der Waals surface area contributed by atoms with Gasteiger partial charge < -0.3 is 14.2 Å². The predicted molar refractivity (Wildman–Crippen MR) is 70.8 cm³/mol. The number of ether oxygens (including phenoxy) is 3. The van der Waals surface area contributed by atoms with Crippen LogP contribution in [-0.2, 0) is 25.4 Å². The molecule has 0 aliphatic rings. The second-order valence-electron chi connectivity index (χ2n) is 4.19. The number of carbonyl (C=O) groups is 3. The van der Waals surface area contributed by atoms with Crippen molar-refractivity contribution in [2.75, 3.05) is 21.3 Å². The fourth-order valence-corrected chi connectivity index (χ4v) is 1.80. The fourth-order valence-electron chi connectivity index (χ4n) is 1.80. The van der Waals surface area contributed by atoms with E-state index in [9.17, 15) is 14.4 Å². The van der Waals surface area contributed by atoms with Crippen molar-refractivity contribution in [2.24, 2.45) is 0 Å². The monoisotopic (exact) mass is 298 g/mol. The van der Waals surface area contributed by atoms with Gasteiger partial charge in [-0.15, -0.1) is 0 Å². The minimum Gasteiger partial charge on any atom is -0.469 e. The molecular weight excluding hydrogens is 280 g/mol. The summed E-state index contributed by atoms with van der Waals surface area (Å²) in [4.78, 5) is 34.3. The molecule has 8 heteroatoms.